The number of rotatable bonds is 3. The Hall–Kier alpha value is -1.96. The molecule has 1 saturated heterocycles. The van der Waals surface area contributed by atoms with E-state index in [9.17, 15) is 13.2 Å². The van der Waals surface area contributed by atoms with Gasteiger partial charge in [-0.1, -0.05) is 30.3 Å². The third-order valence-electron chi connectivity index (χ3n) is 4.44. The average molecular weight is 361 g/mol. The Labute approximate surface area is 148 Å². The van der Waals surface area contributed by atoms with Crippen molar-refractivity contribution in [2.75, 3.05) is 26.2 Å². The maximum absolute atomic E-state index is 12.9. The highest BCUT2D eigenvalue weighted by Crippen LogP contribution is 2.23. The number of hydrogen-bond donors (Lipinski definition) is 1. The molecule has 25 heavy (non-hydrogen) atoms. The minimum Gasteiger partial charge on any atom is -0.338 e. The van der Waals surface area contributed by atoms with Crippen LogP contribution in [-0.2, 0) is 14.8 Å². The molecule has 3 rings (SSSR count). The summed E-state index contributed by atoms with van der Waals surface area (Å²) in [7, 11) is -3.57. The lowest BCUT2D eigenvalue weighted by Crippen LogP contribution is -2.57. The molecule has 0 spiro atoms. The zero-order valence-electron chi connectivity index (χ0n) is 14.5. The molecule has 134 valence electrons. The molecule has 0 radical (unpaired) electrons. The Morgan fingerprint density at radius 3 is 2.20 bits per heavy atom. The summed E-state index contributed by atoms with van der Waals surface area (Å²) < 4.78 is 27.2. The molecule has 2 N–H and O–H groups in total. The van der Waals surface area contributed by atoms with E-state index in [1.54, 1.807) is 30.9 Å². The Morgan fingerprint density at radius 1 is 1.00 bits per heavy atom. The molecular weight excluding hydrogens is 338 g/mol. The van der Waals surface area contributed by atoms with Crippen LogP contribution in [-0.4, -0.2) is 55.2 Å². The minimum absolute atomic E-state index is 0.157. The van der Waals surface area contributed by atoms with Crippen LogP contribution in [0.2, 0.25) is 0 Å². The molecule has 0 atom stereocenters. The summed E-state index contributed by atoms with van der Waals surface area (Å²) in [5.41, 5.74) is 4.91. The second-order valence-corrected chi connectivity index (χ2v) is 8.86. The predicted molar refractivity (Wildman–Crippen MR) is 97.6 cm³/mol. The van der Waals surface area contributed by atoms with Crippen LogP contribution in [0.4, 0.5) is 0 Å². The molecule has 7 heteroatoms. The monoisotopic (exact) mass is 361 g/mol. The maximum atomic E-state index is 12.9. The fraction of sp³-hybridized carbons (Fsp3) is 0.389. The molecule has 6 nitrogen and oxygen atoms in total. The topological polar surface area (TPSA) is 83.7 Å². The third-order valence-corrected chi connectivity index (χ3v) is 6.33. The van der Waals surface area contributed by atoms with Crippen molar-refractivity contribution >= 4 is 26.7 Å². The van der Waals surface area contributed by atoms with Gasteiger partial charge in [-0.05, 0) is 36.8 Å². The van der Waals surface area contributed by atoms with E-state index in [1.807, 2.05) is 30.3 Å². The quantitative estimate of drug-likeness (QED) is 0.896. The molecule has 1 amide bonds. The summed E-state index contributed by atoms with van der Waals surface area (Å²) in [6, 6.07) is 12.8. The van der Waals surface area contributed by atoms with Crippen LogP contribution in [0.3, 0.4) is 0 Å². The van der Waals surface area contributed by atoms with E-state index in [0.717, 1.165) is 10.8 Å². The van der Waals surface area contributed by atoms with E-state index >= 15 is 0 Å². The fourth-order valence-corrected chi connectivity index (χ4v) is 4.47. The molecule has 1 heterocycles. The molecule has 0 saturated carbocycles. The lowest BCUT2D eigenvalue weighted by atomic mass is 10.1. The van der Waals surface area contributed by atoms with Gasteiger partial charge in [0.25, 0.3) is 0 Å². The van der Waals surface area contributed by atoms with Gasteiger partial charge in [-0.3, -0.25) is 4.79 Å². The highest BCUT2D eigenvalue weighted by Gasteiger charge is 2.34. The number of nitrogens with two attached hydrogens (primary N) is 1. The van der Waals surface area contributed by atoms with Crippen molar-refractivity contribution in [3.05, 3.63) is 42.5 Å². The van der Waals surface area contributed by atoms with Gasteiger partial charge in [-0.15, -0.1) is 0 Å². The average Bonchev–Trinajstić information content (AvgIpc) is 2.60. The Kier molecular flexibility index (Phi) is 4.57. The van der Waals surface area contributed by atoms with E-state index in [0.29, 0.717) is 13.1 Å². The van der Waals surface area contributed by atoms with Crippen LogP contribution >= 0.6 is 0 Å². The van der Waals surface area contributed by atoms with Crippen molar-refractivity contribution in [1.82, 2.24) is 9.21 Å². The van der Waals surface area contributed by atoms with Crippen LogP contribution in [0, 0.1) is 0 Å². The highest BCUT2D eigenvalue weighted by molar-refractivity contribution is 7.89. The normalized spacial score (nSPS) is 17.0. The number of amides is 1. The predicted octanol–water partition coefficient (Wildman–Crippen LogP) is 1.41. The van der Waals surface area contributed by atoms with E-state index in [-0.39, 0.29) is 23.9 Å². The van der Waals surface area contributed by atoms with Crippen LogP contribution in [0.5, 0.6) is 0 Å². The van der Waals surface area contributed by atoms with Crippen LogP contribution in [0.1, 0.15) is 13.8 Å². The van der Waals surface area contributed by atoms with Crippen molar-refractivity contribution in [3.8, 4) is 0 Å². The Morgan fingerprint density at radius 2 is 1.60 bits per heavy atom. The summed E-state index contributed by atoms with van der Waals surface area (Å²) in [6.45, 7) is 4.58. The maximum Gasteiger partial charge on any atom is 0.243 e. The molecule has 1 aliphatic heterocycles. The summed E-state index contributed by atoms with van der Waals surface area (Å²) in [6.07, 6.45) is 0. The van der Waals surface area contributed by atoms with E-state index in [4.69, 9.17) is 5.73 Å². The molecule has 2 aromatic carbocycles. The van der Waals surface area contributed by atoms with Crippen molar-refractivity contribution < 1.29 is 13.2 Å². The molecular formula is C18H23N3O3S. The van der Waals surface area contributed by atoms with Gasteiger partial charge in [0, 0.05) is 26.2 Å². The standard InChI is InChI=1S/C18H23N3O3S/c1-18(2,19)17(22)20-9-11-21(12-10-20)25(23,24)16-8-7-14-5-3-4-6-15(14)13-16/h3-8,13H,9-12,19H2,1-2H3. The van der Waals surface area contributed by atoms with E-state index in [2.05, 4.69) is 0 Å². The van der Waals surface area contributed by atoms with Crippen LogP contribution < -0.4 is 5.73 Å². The number of carbonyl (C=O) groups excluding carboxylic acids is 1. The van der Waals surface area contributed by atoms with E-state index < -0.39 is 15.6 Å². The number of sulfonamides is 1. The van der Waals surface area contributed by atoms with Gasteiger partial charge in [-0.25, -0.2) is 8.42 Å². The van der Waals surface area contributed by atoms with Gasteiger partial charge in [0.1, 0.15) is 0 Å². The highest BCUT2D eigenvalue weighted by atomic mass is 32.2. The first kappa shape index (κ1) is 17.8. The van der Waals surface area contributed by atoms with Crippen LogP contribution in [0.15, 0.2) is 47.4 Å². The minimum atomic E-state index is -3.57. The van der Waals surface area contributed by atoms with Crippen LogP contribution in [0.25, 0.3) is 10.8 Å². The molecule has 0 bridgehead atoms. The largest absolute Gasteiger partial charge is 0.338 e. The third kappa shape index (κ3) is 3.53. The fourth-order valence-electron chi connectivity index (χ4n) is 3.02. The molecule has 2 aromatic rings. The van der Waals surface area contributed by atoms with Crippen molar-refractivity contribution in [2.45, 2.75) is 24.3 Å². The number of hydrogen-bond acceptors (Lipinski definition) is 4. The Balaban J connectivity index is 1.78. The molecule has 0 aliphatic carbocycles. The first-order chi connectivity index (χ1) is 11.7. The van der Waals surface area contributed by atoms with Crippen molar-refractivity contribution in [3.63, 3.8) is 0 Å². The zero-order valence-corrected chi connectivity index (χ0v) is 15.3. The lowest BCUT2D eigenvalue weighted by molar-refractivity contribution is -0.137. The summed E-state index contributed by atoms with van der Waals surface area (Å²) in [5.74, 6) is -0.157. The molecule has 1 aliphatic rings. The summed E-state index contributed by atoms with van der Waals surface area (Å²) in [5, 5.41) is 1.89. The number of piperazine rings is 1. The molecule has 0 aromatic heterocycles. The first-order valence-corrected chi connectivity index (χ1v) is 9.71. The number of nitrogens with zero attached hydrogens (tertiary/aromatic N) is 2. The van der Waals surface area contributed by atoms with Gasteiger partial charge < -0.3 is 10.6 Å². The number of benzene rings is 2. The van der Waals surface area contributed by atoms with Gasteiger partial charge >= 0.3 is 0 Å². The first-order valence-electron chi connectivity index (χ1n) is 8.27. The van der Waals surface area contributed by atoms with Gasteiger partial charge in [0.2, 0.25) is 15.9 Å². The lowest BCUT2D eigenvalue weighted by Gasteiger charge is -2.36. The summed E-state index contributed by atoms with van der Waals surface area (Å²) in [4.78, 5) is 14.1. The second-order valence-electron chi connectivity index (χ2n) is 6.93. The van der Waals surface area contributed by atoms with E-state index in [1.165, 1.54) is 4.31 Å². The smallest absolute Gasteiger partial charge is 0.243 e. The molecule has 0 unspecified atom stereocenters. The second kappa shape index (κ2) is 6.40. The summed E-state index contributed by atoms with van der Waals surface area (Å²) >= 11 is 0. The number of carbonyl (C=O) groups is 1. The van der Waals surface area contributed by atoms with Crippen molar-refractivity contribution in [1.29, 1.82) is 0 Å². The van der Waals surface area contributed by atoms with Gasteiger partial charge in [0.05, 0.1) is 10.4 Å². The van der Waals surface area contributed by atoms with Crippen molar-refractivity contribution in [2.24, 2.45) is 5.73 Å². The Bertz CT molecular complexity index is 895. The molecule has 1 fully saturated rings. The van der Waals surface area contributed by atoms with Gasteiger partial charge in [0.15, 0.2) is 0 Å². The van der Waals surface area contributed by atoms with Gasteiger partial charge in [-0.2, -0.15) is 4.31 Å². The SMILES string of the molecule is CC(C)(N)C(=O)N1CCN(S(=O)(=O)c2ccc3ccccc3c2)CC1. The zero-order chi connectivity index (χ0) is 18.2. The number of fused-ring (bicyclic) bond motifs is 1.